The smallest absolute Gasteiger partial charge is 0.416 e. The van der Waals surface area contributed by atoms with Crippen LogP contribution in [0.1, 0.15) is 27.9 Å². The van der Waals surface area contributed by atoms with Gasteiger partial charge in [-0.15, -0.1) is 0 Å². The largest absolute Gasteiger partial charge is 0.480 e. The van der Waals surface area contributed by atoms with Crippen molar-refractivity contribution in [2.24, 2.45) is 0 Å². The highest BCUT2D eigenvalue weighted by molar-refractivity contribution is 5.96. The Balaban J connectivity index is 2.01. The molecule has 0 saturated heterocycles. The molecule has 0 bridgehead atoms. The number of aliphatic carboxylic acids is 1. The monoisotopic (exact) mass is 363 g/mol. The lowest BCUT2D eigenvalue weighted by Gasteiger charge is -2.13. The summed E-state index contributed by atoms with van der Waals surface area (Å²) in [6, 6.07) is 11.6. The van der Waals surface area contributed by atoms with E-state index in [1.807, 2.05) is 30.3 Å². The van der Waals surface area contributed by atoms with E-state index in [1.54, 1.807) is 12.2 Å². The maximum Gasteiger partial charge on any atom is 0.416 e. The summed E-state index contributed by atoms with van der Waals surface area (Å²) >= 11 is 0. The molecule has 0 aromatic heterocycles. The van der Waals surface area contributed by atoms with Gasteiger partial charge in [0.15, 0.2) is 0 Å². The average molecular weight is 363 g/mol. The quantitative estimate of drug-likeness (QED) is 0.816. The van der Waals surface area contributed by atoms with Gasteiger partial charge in [-0.25, -0.2) is 4.79 Å². The molecule has 0 aliphatic heterocycles. The second kappa shape index (κ2) is 8.33. The highest BCUT2D eigenvalue weighted by Gasteiger charge is 2.30. The molecule has 0 spiro atoms. The average Bonchev–Trinajstić information content (AvgIpc) is 2.61. The summed E-state index contributed by atoms with van der Waals surface area (Å²) in [4.78, 5) is 23.4. The second-order valence-electron chi connectivity index (χ2n) is 5.49. The van der Waals surface area contributed by atoms with Crippen LogP contribution in [0.5, 0.6) is 0 Å². The first-order valence-corrected chi connectivity index (χ1v) is 7.70. The van der Waals surface area contributed by atoms with E-state index in [1.165, 1.54) is 0 Å². The third-order valence-corrected chi connectivity index (χ3v) is 3.56. The van der Waals surface area contributed by atoms with E-state index in [0.29, 0.717) is 0 Å². The molecule has 2 aromatic carbocycles. The number of benzene rings is 2. The minimum Gasteiger partial charge on any atom is -0.480 e. The van der Waals surface area contributed by atoms with Gasteiger partial charge in [0.25, 0.3) is 5.91 Å². The van der Waals surface area contributed by atoms with Gasteiger partial charge in [0, 0.05) is 5.56 Å². The molecule has 0 aliphatic carbocycles. The first-order valence-electron chi connectivity index (χ1n) is 7.70. The Kier molecular flexibility index (Phi) is 6.16. The Labute approximate surface area is 148 Å². The lowest BCUT2D eigenvalue weighted by atomic mass is 10.1. The number of carbonyl (C=O) groups is 2. The lowest BCUT2D eigenvalue weighted by Crippen LogP contribution is -2.40. The molecule has 0 heterocycles. The number of carboxylic acid groups (broad SMARTS) is 1. The van der Waals surface area contributed by atoms with Gasteiger partial charge >= 0.3 is 12.1 Å². The van der Waals surface area contributed by atoms with E-state index in [0.717, 1.165) is 29.8 Å². The van der Waals surface area contributed by atoms with Crippen LogP contribution < -0.4 is 5.32 Å². The zero-order valence-corrected chi connectivity index (χ0v) is 13.5. The van der Waals surface area contributed by atoms with E-state index < -0.39 is 29.7 Å². The predicted molar refractivity (Wildman–Crippen MR) is 90.4 cm³/mol. The standard InChI is InChI=1S/C19H16F3NO3/c20-19(21,22)15-11-9-14(10-12-15)17(24)23-16(18(25)26)8-4-7-13-5-2-1-3-6-13/h1-7,9-12,16H,8H2,(H,23,24)(H,25,26)/b7-4+/t16-/m0/s1. The van der Waals surface area contributed by atoms with Crippen LogP contribution in [-0.4, -0.2) is 23.0 Å². The number of halogens is 3. The first kappa shape index (κ1) is 19.2. The zero-order valence-electron chi connectivity index (χ0n) is 13.5. The summed E-state index contributed by atoms with van der Waals surface area (Å²) < 4.78 is 37.6. The van der Waals surface area contributed by atoms with Crippen molar-refractivity contribution in [2.75, 3.05) is 0 Å². The summed E-state index contributed by atoms with van der Waals surface area (Å²) in [5, 5.41) is 11.5. The minimum atomic E-state index is -4.50. The molecular weight excluding hydrogens is 347 g/mol. The SMILES string of the molecule is O=C(N[C@@H](C/C=C/c1ccccc1)C(=O)O)c1ccc(C(F)(F)F)cc1. The molecule has 26 heavy (non-hydrogen) atoms. The number of rotatable bonds is 6. The van der Waals surface area contributed by atoms with Gasteiger partial charge in [0.1, 0.15) is 6.04 Å². The van der Waals surface area contributed by atoms with Gasteiger partial charge in [0.05, 0.1) is 5.56 Å². The highest BCUT2D eigenvalue weighted by Crippen LogP contribution is 2.29. The molecule has 2 N–H and O–H groups in total. The Hall–Kier alpha value is -3.09. The van der Waals surface area contributed by atoms with Crippen LogP contribution in [0.2, 0.25) is 0 Å². The van der Waals surface area contributed by atoms with Crippen LogP contribution in [0.4, 0.5) is 13.2 Å². The van der Waals surface area contributed by atoms with Crippen LogP contribution in [0.3, 0.4) is 0 Å². The molecule has 0 radical (unpaired) electrons. The normalized spacial score (nSPS) is 12.7. The van der Waals surface area contributed by atoms with Crippen LogP contribution >= 0.6 is 0 Å². The van der Waals surface area contributed by atoms with Gasteiger partial charge in [0.2, 0.25) is 0 Å². The van der Waals surface area contributed by atoms with E-state index in [2.05, 4.69) is 5.32 Å². The van der Waals surface area contributed by atoms with E-state index in [4.69, 9.17) is 0 Å². The Morgan fingerprint density at radius 1 is 1.04 bits per heavy atom. The zero-order chi connectivity index (χ0) is 19.2. The van der Waals surface area contributed by atoms with Crippen molar-refractivity contribution in [3.8, 4) is 0 Å². The summed E-state index contributed by atoms with van der Waals surface area (Å²) in [7, 11) is 0. The predicted octanol–water partition coefficient (Wildman–Crippen LogP) is 3.99. The number of hydrogen-bond donors (Lipinski definition) is 2. The molecule has 4 nitrogen and oxygen atoms in total. The fraction of sp³-hybridized carbons (Fsp3) is 0.158. The first-order chi connectivity index (χ1) is 12.3. The number of hydrogen-bond acceptors (Lipinski definition) is 2. The van der Waals surface area contributed by atoms with E-state index in [-0.39, 0.29) is 12.0 Å². The fourth-order valence-electron chi connectivity index (χ4n) is 2.18. The molecule has 1 amide bonds. The summed E-state index contributed by atoms with van der Waals surface area (Å²) in [6.45, 7) is 0. The van der Waals surface area contributed by atoms with E-state index in [9.17, 15) is 27.9 Å². The molecule has 136 valence electrons. The molecule has 2 aromatic rings. The number of carbonyl (C=O) groups excluding carboxylic acids is 1. The maximum absolute atomic E-state index is 12.5. The topological polar surface area (TPSA) is 66.4 Å². The van der Waals surface area contributed by atoms with Gasteiger partial charge in [-0.05, 0) is 36.2 Å². The van der Waals surface area contributed by atoms with Crippen LogP contribution in [0.15, 0.2) is 60.7 Å². The lowest BCUT2D eigenvalue weighted by molar-refractivity contribution is -0.139. The summed E-state index contributed by atoms with van der Waals surface area (Å²) in [6.07, 6.45) is -1.13. The highest BCUT2D eigenvalue weighted by atomic mass is 19.4. The summed E-state index contributed by atoms with van der Waals surface area (Å²) in [5.41, 5.74) is -0.0448. The number of nitrogens with one attached hydrogen (secondary N) is 1. The van der Waals surface area contributed by atoms with Gasteiger partial charge in [-0.1, -0.05) is 42.5 Å². The van der Waals surface area contributed by atoms with Crippen LogP contribution in [0.25, 0.3) is 6.08 Å². The molecule has 7 heteroatoms. The van der Waals surface area contributed by atoms with Crippen molar-refractivity contribution >= 4 is 18.0 Å². The molecular formula is C19H16F3NO3. The van der Waals surface area contributed by atoms with Crippen molar-refractivity contribution < 1.29 is 27.9 Å². The minimum absolute atomic E-state index is 0.0383. The van der Waals surface area contributed by atoms with Crippen molar-refractivity contribution in [1.82, 2.24) is 5.32 Å². The third kappa shape index (κ3) is 5.47. The fourth-order valence-corrected chi connectivity index (χ4v) is 2.18. The van der Waals surface area contributed by atoms with Gasteiger partial charge in [-0.2, -0.15) is 13.2 Å². The van der Waals surface area contributed by atoms with Gasteiger partial charge in [-0.3, -0.25) is 4.79 Å². The Bertz CT molecular complexity index is 784. The van der Waals surface area contributed by atoms with Crippen LogP contribution in [0, 0.1) is 0 Å². The molecule has 0 saturated carbocycles. The maximum atomic E-state index is 12.5. The molecule has 2 rings (SSSR count). The molecule has 0 unspecified atom stereocenters. The van der Waals surface area contributed by atoms with Crippen molar-refractivity contribution in [2.45, 2.75) is 18.6 Å². The van der Waals surface area contributed by atoms with Crippen molar-refractivity contribution in [3.63, 3.8) is 0 Å². The number of amides is 1. The van der Waals surface area contributed by atoms with Crippen molar-refractivity contribution in [1.29, 1.82) is 0 Å². The Morgan fingerprint density at radius 2 is 1.65 bits per heavy atom. The number of carboxylic acids is 1. The number of alkyl halides is 3. The molecule has 1 atom stereocenters. The molecule has 0 aliphatic rings. The second-order valence-corrected chi connectivity index (χ2v) is 5.49. The van der Waals surface area contributed by atoms with E-state index >= 15 is 0 Å². The Morgan fingerprint density at radius 3 is 2.19 bits per heavy atom. The molecule has 0 fully saturated rings. The van der Waals surface area contributed by atoms with Crippen LogP contribution in [-0.2, 0) is 11.0 Å². The summed E-state index contributed by atoms with van der Waals surface area (Å²) in [5.74, 6) is -1.98. The van der Waals surface area contributed by atoms with Gasteiger partial charge < -0.3 is 10.4 Å². The third-order valence-electron chi connectivity index (χ3n) is 3.56. The van der Waals surface area contributed by atoms with Crippen molar-refractivity contribution in [3.05, 3.63) is 77.4 Å².